The van der Waals surface area contributed by atoms with Crippen molar-refractivity contribution in [1.82, 2.24) is 5.32 Å². The number of hydrogen-bond acceptors (Lipinski definition) is 4. The first-order valence-corrected chi connectivity index (χ1v) is 6.75. The zero-order valence-corrected chi connectivity index (χ0v) is 10.2. The first kappa shape index (κ1) is 12.8. The Balaban J connectivity index is 2.54. The number of rotatable bonds is 6. The van der Waals surface area contributed by atoms with Gasteiger partial charge in [0, 0.05) is 12.2 Å². The number of benzene rings is 1. The molecular formula is C10H16N2O3S. The smallest absolute Gasteiger partial charge is 0.229 e. The second kappa shape index (κ2) is 5.72. The number of sulfonamides is 1. The Hall–Kier alpha value is -1.27. The summed E-state index contributed by atoms with van der Waals surface area (Å²) in [5, 5.41) is 2.96. The molecule has 0 radical (unpaired) electrons. The number of anilines is 1. The van der Waals surface area contributed by atoms with Crippen molar-refractivity contribution in [3.63, 3.8) is 0 Å². The summed E-state index contributed by atoms with van der Waals surface area (Å²) in [6.45, 7) is 1.35. The third kappa shape index (κ3) is 4.99. The van der Waals surface area contributed by atoms with E-state index in [1.54, 1.807) is 24.3 Å². The molecule has 0 fully saturated rings. The Morgan fingerprint density at radius 1 is 1.25 bits per heavy atom. The van der Waals surface area contributed by atoms with Crippen molar-refractivity contribution in [3.05, 3.63) is 24.3 Å². The number of nitrogens with one attached hydrogen (secondary N) is 2. The van der Waals surface area contributed by atoms with Crippen LogP contribution >= 0.6 is 0 Å². The highest BCUT2D eigenvalue weighted by molar-refractivity contribution is 7.92. The lowest BCUT2D eigenvalue weighted by molar-refractivity contribution is 0.318. The molecule has 90 valence electrons. The van der Waals surface area contributed by atoms with Gasteiger partial charge in [0.2, 0.25) is 10.0 Å². The molecule has 2 N–H and O–H groups in total. The lowest BCUT2D eigenvalue weighted by atomic mass is 10.3. The van der Waals surface area contributed by atoms with Crippen molar-refractivity contribution in [2.75, 3.05) is 31.2 Å². The van der Waals surface area contributed by atoms with E-state index in [-0.39, 0.29) is 0 Å². The average molecular weight is 244 g/mol. The van der Waals surface area contributed by atoms with E-state index < -0.39 is 10.0 Å². The molecule has 0 saturated heterocycles. The third-order valence-electron chi connectivity index (χ3n) is 1.78. The summed E-state index contributed by atoms with van der Waals surface area (Å²) in [6, 6.07) is 6.78. The predicted molar refractivity (Wildman–Crippen MR) is 64.3 cm³/mol. The summed E-state index contributed by atoms with van der Waals surface area (Å²) in [7, 11) is -1.36. The van der Waals surface area contributed by atoms with Gasteiger partial charge in [0.15, 0.2) is 0 Å². The van der Waals surface area contributed by atoms with Crippen LogP contribution in [-0.2, 0) is 10.0 Å². The van der Waals surface area contributed by atoms with E-state index in [9.17, 15) is 8.42 Å². The van der Waals surface area contributed by atoms with Crippen LogP contribution in [0.15, 0.2) is 24.3 Å². The molecule has 0 unspecified atom stereocenters. The maximum Gasteiger partial charge on any atom is 0.229 e. The minimum Gasteiger partial charge on any atom is -0.492 e. The number of likely N-dealkylation sites (N-methyl/N-ethyl adjacent to an activating group) is 1. The van der Waals surface area contributed by atoms with Crippen molar-refractivity contribution in [1.29, 1.82) is 0 Å². The zero-order chi connectivity index (χ0) is 12.0. The lowest BCUT2D eigenvalue weighted by Gasteiger charge is -2.07. The van der Waals surface area contributed by atoms with E-state index in [0.717, 1.165) is 12.8 Å². The van der Waals surface area contributed by atoms with Crippen molar-refractivity contribution in [2.24, 2.45) is 0 Å². The van der Waals surface area contributed by atoms with Gasteiger partial charge < -0.3 is 10.1 Å². The van der Waals surface area contributed by atoms with Crippen LogP contribution < -0.4 is 14.8 Å². The van der Waals surface area contributed by atoms with Crippen molar-refractivity contribution < 1.29 is 13.2 Å². The molecule has 0 heterocycles. The van der Waals surface area contributed by atoms with Crippen LogP contribution in [0.4, 0.5) is 5.69 Å². The summed E-state index contributed by atoms with van der Waals surface area (Å²) in [4.78, 5) is 0. The van der Waals surface area contributed by atoms with Gasteiger partial charge in [0.05, 0.1) is 6.26 Å². The first-order chi connectivity index (χ1) is 7.51. The summed E-state index contributed by atoms with van der Waals surface area (Å²) in [5.74, 6) is 0.717. The molecule has 1 aromatic rings. The van der Waals surface area contributed by atoms with Gasteiger partial charge in [-0.3, -0.25) is 4.72 Å². The van der Waals surface area contributed by atoms with Crippen LogP contribution in [0.1, 0.15) is 0 Å². The van der Waals surface area contributed by atoms with E-state index >= 15 is 0 Å². The van der Waals surface area contributed by atoms with Gasteiger partial charge in [0.1, 0.15) is 12.4 Å². The van der Waals surface area contributed by atoms with E-state index in [2.05, 4.69) is 10.0 Å². The largest absolute Gasteiger partial charge is 0.492 e. The minimum atomic E-state index is -3.21. The molecule has 0 spiro atoms. The fourth-order valence-electron chi connectivity index (χ4n) is 1.10. The molecule has 5 nitrogen and oxygen atoms in total. The molecule has 1 rings (SSSR count). The third-order valence-corrected chi connectivity index (χ3v) is 2.38. The highest BCUT2D eigenvalue weighted by Crippen LogP contribution is 2.16. The summed E-state index contributed by atoms with van der Waals surface area (Å²) in [6.07, 6.45) is 1.12. The van der Waals surface area contributed by atoms with Crippen LogP contribution in [0.5, 0.6) is 5.75 Å². The van der Waals surface area contributed by atoms with Crippen LogP contribution in [0.25, 0.3) is 0 Å². The molecule has 0 aliphatic carbocycles. The predicted octanol–water partition coefficient (Wildman–Crippen LogP) is 0.656. The molecule has 0 amide bonds. The summed E-state index contributed by atoms with van der Waals surface area (Å²) < 4.78 is 29.7. The molecule has 6 heteroatoms. The highest BCUT2D eigenvalue weighted by Gasteiger charge is 2.01. The molecule has 0 bridgehead atoms. The molecule has 0 aromatic heterocycles. The van der Waals surface area contributed by atoms with E-state index in [1.807, 2.05) is 7.05 Å². The fraction of sp³-hybridized carbons (Fsp3) is 0.400. The molecule has 1 aromatic carbocycles. The van der Waals surface area contributed by atoms with Gasteiger partial charge >= 0.3 is 0 Å². The Kier molecular flexibility index (Phi) is 4.57. The quantitative estimate of drug-likeness (QED) is 0.721. The zero-order valence-electron chi connectivity index (χ0n) is 9.36. The highest BCUT2D eigenvalue weighted by atomic mass is 32.2. The monoisotopic (exact) mass is 244 g/mol. The van der Waals surface area contributed by atoms with Gasteiger partial charge in [-0.15, -0.1) is 0 Å². The van der Waals surface area contributed by atoms with Crippen molar-refractivity contribution >= 4 is 15.7 Å². The van der Waals surface area contributed by atoms with E-state index in [4.69, 9.17) is 4.74 Å². The second-order valence-electron chi connectivity index (χ2n) is 3.35. The Bertz CT molecular complexity index is 414. The molecule has 0 aliphatic rings. The van der Waals surface area contributed by atoms with Crippen molar-refractivity contribution in [2.45, 2.75) is 0 Å². The van der Waals surface area contributed by atoms with Crippen LogP contribution in [-0.4, -0.2) is 34.9 Å². The van der Waals surface area contributed by atoms with Gasteiger partial charge in [-0.1, -0.05) is 0 Å². The first-order valence-electron chi connectivity index (χ1n) is 4.86. The Morgan fingerprint density at radius 2 is 1.88 bits per heavy atom. The fourth-order valence-corrected chi connectivity index (χ4v) is 1.67. The number of ether oxygens (including phenoxy) is 1. The second-order valence-corrected chi connectivity index (χ2v) is 5.10. The van der Waals surface area contributed by atoms with E-state index in [1.165, 1.54) is 0 Å². The molecule has 0 atom stereocenters. The van der Waals surface area contributed by atoms with E-state index in [0.29, 0.717) is 18.0 Å². The van der Waals surface area contributed by atoms with Crippen molar-refractivity contribution in [3.8, 4) is 5.75 Å². The molecule has 0 aliphatic heterocycles. The van der Waals surface area contributed by atoms with Crippen LogP contribution in [0.3, 0.4) is 0 Å². The topological polar surface area (TPSA) is 67.4 Å². The Labute approximate surface area is 95.9 Å². The summed E-state index contributed by atoms with van der Waals surface area (Å²) in [5.41, 5.74) is 0.531. The van der Waals surface area contributed by atoms with Gasteiger partial charge in [-0.2, -0.15) is 0 Å². The van der Waals surface area contributed by atoms with Gasteiger partial charge in [-0.25, -0.2) is 8.42 Å². The maximum atomic E-state index is 10.9. The van der Waals surface area contributed by atoms with Crippen LogP contribution in [0.2, 0.25) is 0 Å². The normalized spacial score (nSPS) is 11.1. The molecule has 0 saturated carbocycles. The Morgan fingerprint density at radius 3 is 2.38 bits per heavy atom. The summed E-state index contributed by atoms with van der Waals surface area (Å²) >= 11 is 0. The van der Waals surface area contributed by atoms with Gasteiger partial charge in [-0.05, 0) is 31.3 Å². The SMILES string of the molecule is CNCCOc1ccc(NS(C)(=O)=O)cc1. The molecular weight excluding hydrogens is 228 g/mol. The maximum absolute atomic E-state index is 10.9. The number of hydrogen-bond donors (Lipinski definition) is 2. The standard InChI is InChI=1S/C10H16N2O3S/c1-11-7-8-15-10-5-3-9(4-6-10)12-16(2,13)14/h3-6,11-12H,7-8H2,1-2H3. The average Bonchev–Trinajstić information content (AvgIpc) is 2.19. The lowest BCUT2D eigenvalue weighted by Crippen LogP contribution is -2.15. The molecule has 16 heavy (non-hydrogen) atoms. The minimum absolute atomic E-state index is 0.531. The van der Waals surface area contributed by atoms with Crippen LogP contribution in [0, 0.1) is 0 Å². The van der Waals surface area contributed by atoms with Gasteiger partial charge in [0.25, 0.3) is 0 Å².